The van der Waals surface area contributed by atoms with Gasteiger partial charge in [0.2, 0.25) is 0 Å². The summed E-state index contributed by atoms with van der Waals surface area (Å²) in [6.07, 6.45) is 0. The number of nitrogens with one attached hydrogen (secondary N) is 1. The second kappa shape index (κ2) is 3.70. The number of aromatic amines is 1. The summed E-state index contributed by atoms with van der Waals surface area (Å²) in [5.41, 5.74) is 10.8. The molecule has 0 aliphatic rings. The van der Waals surface area contributed by atoms with Crippen LogP contribution in [0.25, 0.3) is 10.9 Å². The summed E-state index contributed by atoms with van der Waals surface area (Å²) < 4.78 is 0. The normalized spacial score (nSPS) is 13.3. The Hall–Kier alpha value is -1.28. The van der Waals surface area contributed by atoms with Crippen molar-refractivity contribution in [2.75, 3.05) is 6.54 Å². The van der Waals surface area contributed by atoms with E-state index >= 15 is 0 Å². The topological polar surface area (TPSA) is 41.8 Å². The third-order valence-corrected chi connectivity index (χ3v) is 3.23. The molecule has 0 fully saturated rings. The Balaban J connectivity index is 2.61. The van der Waals surface area contributed by atoms with E-state index in [1.165, 1.54) is 27.7 Å². The lowest BCUT2D eigenvalue weighted by Crippen LogP contribution is -2.08. The van der Waals surface area contributed by atoms with E-state index in [4.69, 9.17) is 5.73 Å². The van der Waals surface area contributed by atoms with Crippen LogP contribution in [0.5, 0.6) is 0 Å². The number of nitrogens with two attached hydrogens (primary N) is 1. The minimum Gasteiger partial charge on any atom is -0.358 e. The molecule has 15 heavy (non-hydrogen) atoms. The van der Waals surface area contributed by atoms with Gasteiger partial charge in [0.15, 0.2) is 0 Å². The van der Waals surface area contributed by atoms with Gasteiger partial charge in [-0.15, -0.1) is 0 Å². The molecule has 2 aromatic rings. The van der Waals surface area contributed by atoms with Crippen molar-refractivity contribution in [3.05, 3.63) is 35.0 Å². The third kappa shape index (κ3) is 1.65. The van der Waals surface area contributed by atoms with Gasteiger partial charge in [0.25, 0.3) is 0 Å². The van der Waals surface area contributed by atoms with Crippen molar-refractivity contribution < 1.29 is 0 Å². The monoisotopic (exact) mass is 202 g/mol. The molecule has 0 radical (unpaired) electrons. The summed E-state index contributed by atoms with van der Waals surface area (Å²) in [6.45, 7) is 7.13. The van der Waals surface area contributed by atoms with Crippen LogP contribution in [0.3, 0.4) is 0 Å². The second-order valence-corrected chi connectivity index (χ2v) is 4.33. The number of hydrogen-bond acceptors (Lipinski definition) is 1. The first-order valence-corrected chi connectivity index (χ1v) is 5.42. The van der Waals surface area contributed by atoms with E-state index in [1.54, 1.807) is 0 Å². The number of aromatic nitrogens is 1. The maximum absolute atomic E-state index is 5.67. The van der Waals surface area contributed by atoms with Crippen LogP contribution in [-0.4, -0.2) is 11.5 Å². The van der Waals surface area contributed by atoms with Gasteiger partial charge in [-0.25, -0.2) is 0 Å². The molecule has 0 amide bonds. The molecule has 2 nitrogen and oxygen atoms in total. The molecule has 1 unspecified atom stereocenters. The molecule has 3 N–H and O–H groups in total. The highest BCUT2D eigenvalue weighted by Crippen LogP contribution is 2.24. The Bertz CT molecular complexity index is 482. The molecular weight excluding hydrogens is 184 g/mol. The number of rotatable bonds is 2. The lowest BCUT2D eigenvalue weighted by atomic mass is 10.1. The quantitative estimate of drug-likeness (QED) is 0.772. The molecule has 0 bridgehead atoms. The van der Waals surface area contributed by atoms with E-state index in [2.05, 4.69) is 44.0 Å². The minimum absolute atomic E-state index is 0.400. The van der Waals surface area contributed by atoms with Crippen molar-refractivity contribution in [1.29, 1.82) is 0 Å². The molecule has 1 aromatic carbocycles. The number of H-pyrrole nitrogens is 1. The van der Waals surface area contributed by atoms with Gasteiger partial charge >= 0.3 is 0 Å². The number of benzene rings is 1. The van der Waals surface area contributed by atoms with Gasteiger partial charge in [0, 0.05) is 23.7 Å². The fraction of sp³-hybridized carbons (Fsp3) is 0.385. The zero-order chi connectivity index (χ0) is 11.0. The fourth-order valence-corrected chi connectivity index (χ4v) is 1.86. The average molecular weight is 202 g/mol. The standard InChI is InChI=1S/C13H18N2/c1-8-4-5-11-6-12(9(2)7-14)15-13(11)10(8)3/h4-6,9,15H,7,14H2,1-3H3. The predicted molar refractivity (Wildman–Crippen MR) is 65.2 cm³/mol. The molecular formula is C13H18N2. The Morgan fingerprint density at radius 1 is 1.33 bits per heavy atom. The molecule has 1 aromatic heterocycles. The van der Waals surface area contributed by atoms with E-state index in [-0.39, 0.29) is 0 Å². The van der Waals surface area contributed by atoms with E-state index < -0.39 is 0 Å². The Morgan fingerprint density at radius 3 is 2.73 bits per heavy atom. The van der Waals surface area contributed by atoms with Crippen molar-refractivity contribution >= 4 is 10.9 Å². The molecule has 80 valence electrons. The van der Waals surface area contributed by atoms with E-state index in [1.807, 2.05) is 0 Å². The van der Waals surface area contributed by atoms with Crippen LogP contribution in [0.4, 0.5) is 0 Å². The van der Waals surface area contributed by atoms with Gasteiger partial charge in [0.1, 0.15) is 0 Å². The van der Waals surface area contributed by atoms with Crippen molar-refractivity contribution in [2.24, 2.45) is 5.73 Å². The predicted octanol–water partition coefficient (Wildman–Crippen LogP) is 2.85. The highest BCUT2D eigenvalue weighted by Gasteiger charge is 2.09. The zero-order valence-corrected chi connectivity index (χ0v) is 9.59. The first-order chi connectivity index (χ1) is 7.13. The maximum Gasteiger partial charge on any atom is 0.0488 e. The van der Waals surface area contributed by atoms with E-state index in [0.29, 0.717) is 12.5 Å². The highest BCUT2D eigenvalue weighted by atomic mass is 14.7. The van der Waals surface area contributed by atoms with Gasteiger partial charge in [-0.2, -0.15) is 0 Å². The molecule has 1 heterocycles. The van der Waals surface area contributed by atoms with Crippen LogP contribution in [0.2, 0.25) is 0 Å². The lowest BCUT2D eigenvalue weighted by molar-refractivity contribution is 0.754. The van der Waals surface area contributed by atoms with Gasteiger partial charge in [-0.05, 0) is 36.4 Å². The summed E-state index contributed by atoms with van der Waals surface area (Å²) in [5, 5.41) is 1.29. The van der Waals surface area contributed by atoms with Crippen molar-refractivity contribution in [2.45, 2.75) is 26.7 Å². The Labute approximate surface area is 90.5 Å². The van der Waals surface area contributed by atoms with Crippen molar-refractivity contribution in [3.8, 4) is 0 Å². The van der Waals surface area contributed by atoms with E-state index in [0.717, 1.165) is 0 Å². The average Bonchev–Trinajstić information content (AvgIpc) is 2.67. The first-order valence-electron chi connectivity index (χ1n) is 5.42. The summed E-state index contributed by atoms with van der Waals surface area (Å²) in [4.78, 5) is 3.48. The smallest absolute Gasteiger partial charge is 0.0488 e. The zero-order valence-electron chi connectivity index (χ0n) is 9.59. The van der Waals surface area contributed by atoms with Gasteiger partial charge < -0.3 is 10.7 Å². The van der Waals surface area contributed by atoms with Gasteiger partial charge in [-0.1, -0.05) is 19.1 Å². The lowest BCUT2D eigenvalue weighted by Gasteiger charge is -2.04. The molecule has 0 saturated heterocycles. The number of aryl methyl sites for hydroxylation is 2. The fourth-order valence-electron chi connectivity index (χ4n) is 1.86. The molecule has 2 rings (SSSR count). The molecule has 0 aliphatic heterocycles. The Kier molecular flexibility index (Phi) is 2.53. The maximum atomic E-state index is 5.67. The van der Waals surface area contributed by atoms with Crippen LogP contribution in [0, 0.1) is 13.8 Å². The van der Waals surface area contributed by atoms with Crippen LogP contribution < -0.4 is 5.73 Å². The third-order valence-electron chi connectivity index (χ3n) is 3.23. The summed E-state index contributed by atoms with van der Waals surface area (Å²) >= 11 is 0. The largest absolute Gasteiger partial charge is 0.358 e. The highest BCUT2D eigenvalue weighted by molar-refractivity contribution is 5.84. The van der Waals surface area contributed by atoms with Crippen molar-refractivity contribution in [3.63, 3.8) is 0 Å². The van der Waals surface area contributed by atoms with Crippen LogP contribution in [0.15, 0.2) is 18.2 Å². The first kappa shape index (κ1) is 10.2. The van der Waals surface area contributed by atoms with Crippen LogP contribution >= 0.6 is 0 Å². The molecule has 0 spiro atoms. The molecule has 0 saturated carbocycles. The van der Waals surface area contributed by atoms with Gasteiger partial charge in [0.05, 0.1) is 0 Å². The molecule has 0 aliphatic carbocycles. The molecule has 2 heteroatoms. The Morgan fingerprint density at radius 2 is 2.07 bits per heavy atom. The summed E-state index contributed by atoms with van der Waals surface area (Å²) in [6, 6.07) is 6.54. The van der Waals surface area contributed by atoms with Crippen LogP contribution in [0.1, 0.15) is 29.7 Å². The summed E-state index contributed by atoms with van der Waals surface area (Å²) in [5.74, 6) is 0.400. The number of hydrogen-bond donors (Lipinski definition) is 2. The van der Waals surface area contributed by atoms with Crippen LogP contribution in [-0.2, 0) is 0 Å². The van der Waals surface area contributed by atoms with E-state index in [9.17, 15) is 0 Å². The van der Waals surface area contributed by atoms with Gasteiger partial charge in [-0.3, -0.25) is 0 Å². The number of fused-ring (bicyclic) bond motifs is 1. The van der Waals surface area contributed by atoms with Crippen molar-refractivity contribution in [1.82, 2.24) is 4.98 Å². The second-order valence-electron chi connectivity index (χ2n) is 4.33. The minimum atomic E-state index is 0.400. The SMILES string of the molecule is Cc1ccc2cc(C(C)CN)[nH]c2c1C. The summed E-state index contributed by atoms with van der Waals surface area (Å²) in [7, 11) is 0. The molecule has 1 atom stereocenters.